The summed E-state index contributed by atoms with van der Waals surface area (Å²) in [6.07, 6.45) is 3.21. The Morgan fingerprint density at radius 1 is 0.917 bits per heavy atom. The molecule has 5 rings (SSSR count). The molecular weight excluding hydrogens is 482 g/mol. The van der Waals surface area contributed by atoms with Crippen molar-refractivity contribution < 1.29 is 22.8 Å². The number of hydrogen-bond donors (Lipinski definition) is 0. The number of pyridine rings is 1. The molecule has 2 atom stereocenters. The summed E-state index contributed by atoms with van der Waals surface area (Å²) in [6.45, 7) is 2.68. The van der Waals surface area contributed by atoms with Crippen LogP contribution in [0, 0.1) is 0 Å². The summed E-state index contributed by atoms with van der Waals surface area (Å²) < 4.78 is 27.4. The Kier molecular flexibility index (Phi) is 6.76. The first-order valence-corrected chi connectivity index (χ1v) is 13.6. The number of fused-ring (bicyclic) bond motifs is 1. The van der Waals surface area contributed by atoms with Crippen LogP contribution in [0.4, 0.5) is 5.69 Å². The molecule has 0 saturated carbocycles. The van der Waals surface area contributed by atoms with Crippen molar-refractivity contribution >= 4 is 33.3 Å². The fourth-order valence-electron chi connectivity index (χ4n) is 5.38. The van der Waals surface area contributed by atoms with Crippen LogP contribution in [0.5, 0.6) is 0 Å². The normalized spacial score (nSPS) is 22.7. The lowest BCUT2D eigenvalue weighted by Crippen LogP contribution is -2.49. The molecule has 0 N–H and O–H groups in total. The van der Waals surface area contributed by atoms with Crippen LogP contribution in [0.2, 0.25) is 0 Å². The number of sulfonamides is 1. The summed E-state index contributed by atoms with van der Waals surface area (Å²) in [5.74, 6) is -0.653. The van der Waals surface area contributed by atoms with Crippen molar-refractivity contribution in [3.8, 4) is 0 Å². The number of ketones is 1. The number of anilines is 1. The predicted octanol–water partition coefficient (Wildman–Crippen LogP) is 0.754. The van der Waals surface area contributed by atoms with Crippen LogP contribution in [0.1, 0.15) is 19.3 Å². The van der Waals surface area contributed by atoms with Crippen molar-refractivity contribution in [1.82, 2.24) is 19.1 Å². The van der Waals surface area contributed by atoms with E-state index in [-0.39, 0.29) is 41.9 Å². The summed E-state index contributed by atoms with van der Waals surface area (Å²) in [5, 5.41) is 0. The van der Waals surface area contributed by atoms with E-state index in [1.54, 1.807) is 4.90 Å². The SMILES string of the molecule is O=C1CN(S(=O)(=O)c2cccnc2)C2CCN(C(=O)CCC(=O)N3CCN(c4ccccc4)CC3)C12. The van der Waals surface area contributed by atoms with Crippen LogP contribution < -0.4 is 4.90 Å². The van der Waals surface area contributed by atoms with Gasteiger partial charge in [-0.25, -0.2) is 8.42 Å². The molecule has 3 fully saturated rings. The molecule has 0 spiro atoms. The van der Waals surface area contributed by atoms with E-state index in [1.165, 1.54) is 33.7 Å². The number of carbonyl (C=O) groups is 3. The number of hydrogen-bond acceptors (Lipinski definition) is 7. The average molecular weight is 512 g/mol. The number of amides is 2. The Hall–Kier alpha value is -3.31. The minimum absolute atomic E-state index is 0.00356. The zero-order valence-corrected chi connectivity index (χ0v) is 20.7. The molecule has 2 unspecified atom stereocenters. The number of aromatic nitrogens is 1. The topological polar surface area (TPSA) is 111 Å². The molecule has 4 heterocycles. The van der Waals surface area contributed by atoms with Crippen LogP contribution in [0.3, 0.4) is 0 Å². The minimum Gasteiger partial charge on any atom is -0.368 e. The lowest BCUT2D eigenvalue weighted by atomic mass is 10.1. The maximum atomic E-state index is 13.1. The Labute approximate surface area is 210 Å². The van der Waals surface area contributed by atoms with Gasteiger partial charge < -0.3 is 14.7 Å². The second kappa shape index (κ2) is 9.98. The first kappa shape index (κ1) is 24.4. The third kappa shape index (κ3) is 4.60. The largest absolute Gasteiger partial charge is 0.368 e. The predicted molar refractivity (Wildman–Crippen MR) is 132 cm³/mol. The smallest absolute Gasteiger partial charge is 0.245 e. The van der Waals surface area contributed by atoms with E-state index in [1.807, 2.05) is 30.3 Å². The van der Waals surface area contributed by atoms with Gasteiger partial charge in [0, 0.05) is 63.6 Å². The van der Waals surface area contributed by atoms with Gasteiger partial charge in [0.2, 0.25) is 21.8 Å². The minimum atomic E-state index is -3.89. The van der Waals surface area contributed by atoms with Crippen LogP contribution in [-0.4, -0.2) is 96.5 Å². The molecule has 0 radical (unpaired) electrons. The average Bonchev–Trinajstić information content (AvgIpc) is 3.50. The highest BCUT2D eigenvalue weighted by molar-refractivity contribution is 7.89. The third-order valence-corrected chi connectivity index (χ3v) is 9.10. The highest BCUT2D eigenvalue weighted by Crippen LogP contribution is 2.34. The molecule has 2 amide bonds. The lowest BCUT2D eigenvalue weighted by Gasteiger charge is -2.36. The van der Waals surface area contributed by atoms with E-state index in [0.717, 1.165) is 18.8 Å². The number of piperazine rings is 1. The molecule has 3 aliphatic rings. The molecule has 190 valence electrons. The summed E-state index contributed by atoms with van der Waals surface area (Å²) in [4.78, 5) is 47.9. The molecule has 3 aliphatic heterocycles. The zero-order chi connectivity index (χ0) is 25.3. The fraction of sp³-hybridized carbons (Fsp3) is 0.440. The fourth-order valence-corrected chi connectivity index (χ4v) is 6.97. The van der Waals surface area contributed by atoms with Crippen LogP contribution in [0.25, 0.3) is 0 Å². The van der Waals surface area contributed by atoms with Gasteiger partial charge in [-0.2, -0.15) is 4.31 Å². The second-order valence-corrected chi connectivity index (χ2v) is 11.2. The Balaban J connectivity index is 1.16. The van der Waals surface area contributed by atoms with Crippen molar-refractivity contribution in [3.63, 3.8) is 0 Å². The van der Waals surface area contributed by atoms with Crippen molar-refractivity contribution in [2.75, 3.05) is 44.2 Å². The van der Waals surface area contributed by atoms with Gasteiger partial charge in [0.05, 0.1) is 12.6 Å². The van der Waals surface area contributed by atoms with E-state index >= 15 is 0 Å². The van der Waals surface area contributed by atoms with Crippen LogP contribution in [0.15, 0.2) is 59.8 Å². The summed E-state index contributed by atoms with van der Waals surface area (Å²) in [7, 11) is -3.89. The zero-order valence-electron chi connectivity index (χ0n) is 19.9. The van der Waals surface area contributed by atoms with E-state index in [4.69, 9.17) is 0 Å². The van der Waals surface area contributed by atoms with Crippen LogP contribution in [-0.2, 0) is 24.4 Å². The van der Waals surface area contributed by atoms with E-state index in [9.17, 15) is 22.8 Å². The molecule has 1 aromatic carbocycles. The molecule has 1 aromatic heterocycles. The highest BCUT2D eigenvalue weighted by atomic mass is 32.2. The Morgan fingerprint density at radius 2 is 1.64 bits per heavy atom. The van der Waals surface area contributed by atoms with Crippen molar-refractivity contribution in [2.24, 2.45) is 0 Å². The number of benzene rings is 1. The Bertz CT molecular complexity index is 1230. The van der Waals surface area contributed by atoms with Gasteiger partial charge in [-0.05, 0) is 30.7 Å². The monoisotopic (exact) mass is 511 g/mol. The van der Waals surface area contributed by atoms with Gasteiger partial charge in [0.1, 0.15) is 10.9 Å². The number of carbonyl (C=O) groups excluding carboxylic acids is 3. The van der Waals surface area contributed by atoms with Gasteiger partial charge >= 0.3 is 0 Å². The van der Waals surface area contributed by atoms with E-state index in [2.05, 4.69) is 9.88 Å². The molecule has 3 saturated heterocycles. The Morgan fingerprint density at radius 3 is 2.33 bits per heavy atom. The summed E-state index contributed by atoms with van der Waals surface area (Å²) in [5.41, 5.74) is 1.13. The number of para-hydroxylation sites is 1. The first-order chi connectivity index (χ1) is 17.4. The van der Waals surface area contributed by atoms with Gasteiger partial charge in [-0.3, -0.25) is 19.4 Å². The molecule has 11 heteroatoms. The maximum absolute atomic E-state index is 13.1. The molecular formula is C25H29N5O5S. The van der Waals surface area contributed by atoms with Gasteiger partial charge in [0.15, 0.2) is 5.78 Å². The molecule has 0 aliphatic carbocycles. The third-order valence-electron chi connectivity index (χ3n) is 7.25. The molecule has 10 nitrogen and oxygen atoms in total. The second-order valence-electron chi connectivity index (χ2n) is 9.30. The number of likely N-dealkylation sites (tertiary alicyclic amines) is 1. The summed E-state index contributed by atoms with van der Waals surface area (Å²) >= 11 is 0. The van der Waals surface area contributed by atoms with Gasteiger partial charge in [-0.1, -0.05) is 18.2 Å². The van der Waals surface area contributed by atoms with E-state index in [0.29, 0.717) is 26.1 Å². The standard InChI is InChI=1S/C25H29N5O5S/c31-22-18-30(36(34,35)20-7-4-11-26-17-20)21-10-12-29(25(21)22)24(33)9-8-23(32)28-15-13-27(14-16-28)19-5-2-1-3-6-19/h1-7,11,17,21,25H,8-10,12-16,18H2. The molecule has 0 bridgehead atoms. The number of rotatable bonds is 6. The van der Waals surface area contributed by atoms with Crippen molar-refractivity contribution in [1.29, 1.82) is 0 Å². The maximum Gasteiger partial charge on any atom is 0.245 e. The lowest BCUT2D eigenvalue weighted by molar-refractivity contribution is -0.139. The number of nitrogens with zero attached hydrogens (tertiary/aromatic N) is 5. The van der Waals surface area contributed by atoms with Gasteiger partial charge in [-0.15, -0.1) is 0 Å². The van der Waals surface area contributed by atoms with E-state index < -0.39 is 22.1 Å². The quantitative estimate of drug-likeness (QED) is 0.563. The van der Waals surface area contributed by atoms with Crippen molar-refractivity contribution in [3.05, 3.63) is 54.9 Å². The van der Waals surface area contributed by atoms with Crippen LogP contribution >= 0.6 is 0 Å². The summed E-state index contributed by atoms with van der Waals surface area (Å²) in [6, 6.07) is 11.6. The number of Topliss-reactive ketones (excluding diaryl/α,β-unsaturated/α-hetero) is 1. The molecule has 36 heavy (non-hydrogen) atoms. The van der Waals surface area contributed by atoms with Crippen molar-refractivity contribution in [2.45, 2.75) is 36.2 Å². The highest BCUT2D eigenvalue weighted by Gasteiger charge is 2.53. The van der Waals surface area contributed by atoms with Gasteiger partial charge in [0.25, 0.3) is 0 Å². The molecule has 2 aromatic rings. The first-order valence-electron chi connectivity index (χ1n) is 12.2.